The minimum Gasteiger partial charge on any atom is -0.348 e. The van der Waals surface area contributed by atoms with E-state index in [0.717, 1.165) is 0 Å². The summed E-state index contributed by atoms with van der Waals surface area (Å²) in [5.41, 5.74) is 0.385. The predicted octanol–water partition coefficient (Wildman–Crippen LogP) is 1.89. The Morgan fingerprint density at radius 2 is 2.13 bits per heavy atom. The van der Waals surface area contributed by atoms with Gasteiger partial charge in [0.25, 0.3) is 0 Å². The van der Waals surface area contributed by atoms with Crippen LogP contribution in [0.15, 0.2) is 23.8 Å². The fourth-order valence-corrected chi connectivity index (χ4v) is 2.92. The van der Waals surface area contributed by atoms with Crippen LogP contribution in [0.4, 0.5) is 13.2 Å². The molecule has 1 unspecified atom stereocenters. The molecule has 0 radical (unpaired) electrons. The maximum Gasteiger partial charge on any atom is 0.433 e. The second kappa shape index (κ2) is 6.20. The monoisotopic (exact) mass is 344 g/mol. The van der Waals surface area contributed by atoms with Crippen LogP contribution >= 0.6 is 11.3 Å². The highest BCUT2D eigenvalue weighted by molar-refractivity contribution is 7.13. The van der Waals surface area contributed by atoms with Gasteiger partial charge in [-0.1, -0.05) is 0 Å². The number of nitrogens with zero attached hydrogens (tertiary/aromatic N) is 4. The number of rotatable bonds is 3. The number of alkyl halides is 3. The molecule has 1 amide bonds. The Morgan fingerprint density at radius 1 is 1.39 bits per heavy atom. The Labute approximate surface area is 133 Å². The number of aromatic nitrogens is 3. The van der Waals surface area contributed by atoms with Gasteiger partial charge in [-0.2, -0.15) is 13.2 Å². The molecular weight excluding hydrogens is 333 g/mol. The van der Waals surface area contributed by atoms with Gasteiger partial charge in [0, 0.05) is 24.3 Å². The van der Waals surface area contributed by atoms with Gasteiger partial charge in [0.2, 0.25) is 12.1 Å². The fraction of sp³-hybridized carbons (Fsp3) is 0.385. The number of halogens is 3. The first kappa shape index (κ1) is 15.8. The summed E-state index contributed by atoms with van der Waals surface area (Å²) >= 11 is 1.23. The van der Waals surface area contributed by atoms with E-state index in [4.69, 9.17) is 0 Å². The number of hydrogen-bond donors (Lipinski definition) is 0. The maximum absolute atomic E-state index is 12.8. The lowest BCUT2D eigenvalue weighted by Crippen LogP contribution is -2.45. The van der Waals surface area contributed by atoms with E-state index in [9.17, 15) is 18.0 Å². The van der Waals surface area contributed by atoms with E-state index in [0.29, 0.717) is 21.4 Å². The number of amides is 1. The Balaban J connectivity index is 1.70. The van der Waals surface area contributed by atoms with Gasteiger partial charge in [-0.05, 0) is 6.07 Å². The van der Waals surface area contributed by atoms with Gasteiger partial charge in [0.05, 0.1) is 18.7 Å². The lowest BCUT2D eigenvalue weighted by atomic mass is 10.3. The second-order valence-corrected chi connectivity index (χ2v) is 5.60. The first-order chi connectivity index (χ1) is 10.9. The Morgan fingerprint density at radius 3 is 2.83 bits per heavy atom. The highest BCUT2D eigenvalue weighted by Crippen LogP contribution is 2.29. The minimum absolute atomic E-state index is 0.0815. The summed E-state index contributed by atoms with van der Waals surface area (Å²) in [6.07, 6.45) is -3.88. The summed E-state index contributed by atoms with van der Waals surface area (Å²) in [6, 6.07) is 1.66. The van der Waals surface area contributed by atoms with E-state index < -0.39 is 18.3 Å². The summed E-state index contributed by atoms with van der Waals surface area (Å²) in [6.45, 7) is -0.210. The molecule has 1 aliphatic rings. The molecule has 1 fully saturated rings. The van der Waals surface area contributed by atoms with Gasteiger partial charge >= 0.3 is 6.18 Å². The van der Waals surface area contributed by atoms with Crippen LogP contribution < -0.4 is 0 Å². The first-order valence-corrected chi connectivity index (χ1v) is 7.52. The predicted molar refractivity (Wildman–Crippen MR) is 74.4 cm³/mol. The van der Waals surface area contributed by atoms with Gasteiger partial charge in [0.15, 0.2) is 10.8 Å². The molecule has 23 heavy (non-hydrogen) atoms. The molecule has 6 nitrogen and oxygen atoms in total. The van der Waals surface area contributed by atoms with E-state index in [1.54, 1.807) is 23.8 Å². The molecule has 0 saturated carbocycles. The van der Waals surface area contributed by atoms with Crippen LogP contribution in [-0.4, -0.2) is 51.3 Å². The molecule has 0 spiro atoms. The second-order valence-electron chi connectivity index (χ2n) is 4.75. The van der Waals surface area contributed by atoms with Crippen molar-refractivity contribution in [1.29, 1.82) is 0 Å². The molecule has 0 bridgehead atoms. The zero-order chi connectivity index (χ0) is 16.4. The summed E-state index contributed by atoms with van der Waals surface area (Å²) in [7, 11) is 0. The van der Waals surface area contributed by atoms with Crippen molar-refractivity contribution in [3.8, 4) is 10.8 Å². The average Bonchev–Trinajstić information content (AvgIpc) is 3.16. The number of ether oxygens (including phenoxy) is 1. The molecular formula is C13H11F3N4O2S. The van der Waals surface area contributed by atoms with Crippen molar-refractivity contribution in [1.82, 2.24) is 19.9 Å². The van der Waals surface area contributed by atoms with Gasteiger partial charge in [-0.15, -0.1) is 11.3 Å². The maximum atomic E-state index is 12.8. The molecule has 122 valence electrons. The van der Waals surface area contributed by atoms with E-state index >= 15 is 0 Å². The van der Waals surface area contributed by atoms with Crippen LogP contribution in [0.1, 0.15) is 5.69 Å². The summed E-state index contributed by atoms with van der Waals surface area (Å²) in [5.74, 6) is -0.260. The third-order valence-corrected chi connectivity index (χ3v) is 4.02. The van der Waals surface area contributed by atoms with Crippen LogP contribution in [0.3, 0.4) is 0 Å². The topological polar surface area (TPSA) is 68.2 Å². The van der Waals surface area contributed by atoms with Crippen molar-refractivity contribution in [2.75, 3.05) is 13.2 Å². The number of thiazole rings is 1. The molecule has 1 aliphatic heterocycles. The standard InChI is InChI=1S/C13H11F3N4O2S/c14-13(15,16)12-20(4-5-22-12)9(21)6-8-7-23-11(19-8)10-17-2-1-3-18-10/h1-3,7,12H,4-6H2. The van der Waals surface area contributed by atoms with Crippen LogP contribution in [-0.2, 0) is 16.0 Å². The van der Waals surface area contributed by atoms with Gasteiger partial charge in [-0.25, -0.2) is 15.0 Å². The molecule has 2 aromatic heterocycles. The van der Waals surface area contributed by atoms with Gasteiger partial charge in [0.1, 0.15) is 0 Å². The molecule has 1 saturated heterocycles. The van der Waals surface area contributed by atoms with Gasteiger partial charge < -0.3 is 9.64 Å². The quantitative estimate of drug-likeness (QED) is 0.851. The Hall–Kier alpha value is -2.07. The van der Waals surface area contributed by atoms with E-state index in [-0.39, 0.29) is 19.6 Å². The molecule has 3 heterocycles. The first-order valence-electron chi connectivity index (χ1n) is 6.65. The van der Waals surface area contributed by atoms with Crippen molar-refractivity contribution in [3.63, 3.8) is 0 Å². The fourth-order valence-electron chi connectivity index (χ4n) is 2.15. The number of hydrogen-bond acceptors (Lipinski definition) is 6. The molecule has 0 N–H and O–H groups in total. The van der Waals surface area contributed by atoms with E-state index in [1.165, 1.54) is 11.3 Å². The van der Waals surface area contributed by atoms with Crippen LogP contribution in [0, 0.1) is 0 Å². The smallest absolute Gasteiger partial charge is 0.348 e. The lowest BCUT2D eigenvalue weighted by molar-refractivity contribution is -0.238. The van der Waals surface area contributed by atoms with E-state index in [1.807, 2.05) is 0 Å². The van der Waals surface area contributed by atoms with E-state index in [2.05, 4.69) is 19.7 Å². The average molecular weight is 344 g/mol. The van der Waals surface area contributed by atoms with Crippen molar-refractivity contribution >= 4 is 17.2 Å². The molecule has 10 heteroatoms. The largest absolute Gasteiger partial charge is 0.433 e. The Bertz CT molecular complexity index is 692. The molecule has 2 aromatic rings. The molecule has 0 aliphatic carbocycles. The highest BCUT2D eigenvalue weighted by atomic mass is 32.1. The van der Waals surface area contributed by atoms with Crippen LogP contribution in [0.2, 0.25) is 0 Å². The normalized spacial score (nSPS) is 18.4. The third kappa shape index (κ3) is 3.48. The SMILES string of the molecule is O=C(Cc1csc(-c2ncccn2)n1)N1CCOC1C(F)(F)F. The lowest BCUT2D eigenvalue weighted by Gasteiger charge is -2.24. The van der Waals surface area contributed by atoms with Crippen molar-refractivity contribution in [3.05, 3.63) is 29.5 Å². The number of carbonyl (C=O) groups excluding carboxylic acids is 1. The van der Waals surface area contributed by atoms with Crippen molar-refractivity contribution < 1.29 is 22.7 Å². The third-order valence-electron chi connectivity index (χ3n) is 3.13. The summed E-state index contributed by atoms with van der Waals surface area (Å²) < 4.78 is 43.0. The van der Waals surface area contributed by atoms with Crippen LogP contribution in [0.25, 0.3) is 10.8 Å². The summed E-state index contributed by atoms with van der Waals surface area (Å²) in [5, 5.41) is 2.13. The van der Waals surface area contributed by atoms with Crippen molar-refractivity contribution in [2.45, 2.75) is 18.8 Å². The Kier molecular flexibility index (Phi) is 4.26. The minimum atomic E-state index is -4.60. The summed E-state index contributed by atoms with van der Waals surface area (Å²) in [4.78, 5) is 25.1. The highest BCUT2D eigenvalue weighted by Gasteiger charge is 2.49. The molecule has 0 aromatic carbocycles. The van der Waals surface area contributed by atoms with Crippen molar-refractivity contribution in [2.24, 2.45) is 0 Å². The number of carbonyl (C=O) groups is 1. The van der Waals surface area contributed by atoms with Crippen LogP contribution in [0.5, 0.6) is 0 Å². The molecule has 1 atom stereocenters. The molecule has 3 rings (SSSR count). The zero-order valence-corrected chi connectivity index (χ0v) is 12.5. The van der Waals surface area contributed by atoms with Gasteiger partial charge in [-0.3, -0.25) is 4.79 Å². The zero-order valence-electron chi connectivity index (χ0n) is 11.7.